The van der Waals surface area contributed by atoms with Crippen LogP contribution in [-0.4, -0.2) is 41.3 Å². The Balaban J connectivity index is 2.35. The van der Waals surface area contributed by atoms with Crippen LogP contribution < -0.4 is 5.32 Å². The van der Waals surface area contributed by atoms with E-state index in [1.807, 2.05) is 24.3 Å². The van der Waals surface area contributed by atoms with Gasteiger partial charge in [-0.15, -0.1) is 10.2 Å². The Labute approximate surface area is 128 Å². The van der Waals surface area contributed by atoms with Gasteiger partial charge in [0.1, 0.15) is 0 Å². The van der Waals surface area contributed by atoms with E-state index in [1.54, 1.807) is 18.7 Å². The molecule has 1 aromatic carbocycles. The molecule has 5 nitrogen and oxygen atoms in total. The standard InChI is InChI=1S/C15H19N3O2S/c1-3-20-15(19)14-13(16-9-6-10-21-2)11-7-4-5-8-12(11)17-18-14/h4-5,7-8H,3,6,9-10H2,1-2H3,(H,16,17). The summed E-state index contributed by atoms with van der Waals surface area (Å²) in [5.74, 6) is 0.626. The first-order valence-corrected chi connectivity index (χ1v) is 8.32. The van der Waals surface area contributed by atoms with Gasteiger partial charge >= 0.3 is 5.97 Å². The quantitative estimate of drug-likeness (QED) is 0.627. The molecule has 112 valence electrons. The Bertz CT molecular complexity index is 619. The van der Waals surface area contributed by atoms with Crippen molar-refractivity contribution in [3.63, 3.8) is 0 Å². The van der Waals surface area contributed by atoms with E-state index in [4.69, 9.17) is 4.74 Å². The van der Waals surface area contributed by atoms with Crippen molar-refractivity contribution in [2.45, 2.75) is 13.3 Å². The number of fused-ring (bicyclic) bond motifs is 1. The number of benzene rings is 1. The Kier molecular flexibility index (Phi) is 5.80. The molecule has 6 heteroatoms. The van der Waals surface area contributed by atoms with E-state index in [9.17, 15) is 4.79 Å². The summed E-state index contributed by atoms with van der Waals surface area (Å²) < 4.78 is 5.06. The van der Waals surface area contributed by atoms with Crippen LogP contribution in [-0.2, 0) is 4.74 Å². The van der Waals surface area contributed by atoms with Crippen LogP contribution in [0.1, 0.15) is 23.8 Å². The molecule has 0 spiro atoms. The molecule has 0 aliphatic carbocycles. The van der Waals surface area contributed by atoms with Crippen LogP contribution in [0.4, 0.5) is 5.69 Å². The summed E-state index contributed by atoms with van der Waals surface area (Å²) in [5.41, 5.74) is 1.72. The summed E-state index contributed by atoms with van der Waals surface area (Å²) in [4.78, 5) is 12.0. The zero-order valence-corrected chi connectivity index (χ0v) is 13.1. The maximum Gasteiger partial charge on any atom is 0.361 e. The predicted octanol–water partition coefficient (Wildman–Crippen LogP) is 2.97. The van der Waals surface area contributed by atoms with Crippen molar-refractivity contribution in [2.75, 3.05) is 30.5 Å². The van der Waals surface area contributed by atoms with Gasteiger partial charge in [-0.2, -0.15) is 11.8 Å². The van der Waals surface area contributed by atoms with Gasteiger partial charge in [0.25, 0.3) is 0 Å². The third kappa shape index (κ3) is 3.85. The van der Waals surface area contributed by atoms with Gasteiger partial charge in [0.05, 0.1) is 17.8 Å². The number of carbonyl (C=O) groups is 1. The molecule has 0 radical (unpaired) electrons. The first-order chi connectivity index (χ1) is 10.3. The van der Waals surface area contributed by atoms with Crippen molar-refractivity contribution >= 4 is 34.3 Å². The number of anilines is 1. The number of nitrogens with one attached hydrogen (secondary N) is 1. The van der Waals surface area contributed by atoms with Gasteiger partial charge < -0.3 is 10.1 Å². The summed E-state index contributed by atoms with van der Waals surface area (Å²) in [6, 6.07) is 7.64. The summed E-state index contributed by atoms with van der Waals surface area (Å²) in [6.07, 6.45) is 3.09. The Hall–Kier alpha value is -1.82. The molecule has 1 aromatic heterocycles. The summed E-state index contributed by atoms with van der Waals surface area (Å²) >= 11 is 1.80. The molecule has 0 saturated carbocycles. The number of hydrogen-bond acceptors (Lipinski definition) is 6. The number of nitrogens with zero attached hydrogens (tertiary/aromatic N) is 2. The van der Waals surface area contributed by atoms with Gasteiger partial charge in [0, 0.05) is 11.9 Å². The predicted molar refractivity (Wildman–Crippen MR) is 87.0 cm³/mol. The second kappa shape index (κ2) is 7.83. The largest absolute Gasteiger partial charge is 0.461 e. The second-order valence-corrected chi connectivity index (χ2v) is 5.42. The lowest BCUT2D eigenvalue weighted by atomic mass is 10.1. The van der Waals surface area contributed by atoms with Gasteiger partial charge in [-0.3, -0.25) is 0 Å². The molecule has 2 rings (SSSR count). The number of esters is 1. The molecular formula is C15H19N3O2S. The van der Waals surface area contributed by atoms with E-state index in [0.717, 1.165) is 29.6 Å². The van der Waals surface area contributed by atoms with Crippen LogP contribution >= 0.6 is 11.8 Å². The molecule has 1 heterocycles. The molecule has 21 heavy (non-hydrogen) atoms. The third-order valence-corrected chi connectivity index (χ3v) is 3.66. The second-order valence-electron chi connectivity index (χ2n) is 4.43. The molecule has 0 aliphatic heterocycles. The SMILES string of the molecule is CCOC(=O)c1nnc2ccccc2c1NCCCSC. The minimum atomic E-state index is -0.442. The average Bonchev–Trinajstić information content (AvgIpc) is 2.51. The van der Waals surface area contributed by atoms with E-state index < -0.39 is 5.97 Å². The zero-order chi connectivity index (χ0) is 15.1. The van der Waals surface area contributed by atoms with Crippen LogP contribution in [0.25, 0.3) is 10.9 Å². The molecule has 2 aromatic rings. The zero-order valence-electron chi connectivity index (χ0n) is 12.3. The highest BCUT2D eigenvalue weighted by Crippen LogP contribution is 2.24. The average molecular weight is 305 g/mol. The lowest BCUT2D eigenvalue weighted by Crippen LogP contribution is -2.14. The number of aromatic nitrogens is 2. The van der Waals surface area contributed by atoms with Crippen molar-refractivity contribution in [1.82, 2.24) is 10.2 Å². The maximum atomic E-state index is 12.0. The van der Waals surface area contributed by atoms with Crippen molar-refractivity contribution in [2.24, 2.45) is 0 Å². The van der Waals surface area contributed by atoms with Crippen molar-refractivity contribution in [3.8, 4) is 0 Å². The van der Waals surface area contributed by atoms with Gasteiger partial charge in [-0.25, -0.2) is 4.79 Å². The highest BCUT2D eigenvalue weighted by molar-refractivity contribution is 7.98. The Morgan fingerprint density at radius 2 is 2.14 bits per heavy atom. The van der Waals surface area contributed by atoms with E-state index >= 15 is 0 Å². The molecular weight excluding hydrogens is 286 g/mol. The fraction of sp³-hybridized carbons (Fsp3) is 0.400. The topological polar surface area (TPSA) is 64.1 Å². The normalized spacial score (nSPS) is 10.6. The van der Waals surface area contributed by atoms with Crippen molar-refractivity contribution in [3.05, 3.63) is 30.0 Å². The maximum absolute atomic E-state index is 12.0. The Morgan fingerprint density at radius 1 is 1.33 bits per heavy atom. The fourth-order valence-electron chi connectivity index (χ4n) is 2.00. The number of carbonyl (C=O) groups excluding carboxylic acids is 1. The number of hydrogen-bond donors (Lipinski definition) is 1. The van der Waals surface area contributed by atoms with Crippen LogP contribution in [0.5, 0.6) is 0 Å². The van der Waals surface area contributed by atoms with Gasteiger partial charge in [-0.05, 0) is 31.4 Å². The molecule has 0 unspecified atom stereocenters. The summed E-state index contributed by atoms with van der Waals surface area (Å²) in [6.45, 7) is 2.88. The lowest BCUT2D eigenvalue weighted by molar-refractivity contribution is 0.0519. The number of thioether (sulfide) groups is 1. The van der Waals surface area contributed by atoms with Gasteiger partial charge in [0.15, 0.2) is 5.69 Å². The first kappa shape index (κ1) is 15.6. The van der Waals surface area contributed by atoms with E-state index in [1.165, 1.54) is 0 Å². The number of ether oxygens (including phenoxy) is 1. The molecule has 0 saturated heterocycles. The highest BCUT2D eigenvalue weighted by atomic mass is 32.2. The first-order valence-electron chi connectivity index (χ1n) is 6.93. The summed E-state index contributed by atoms with van der Waals surface area (Å²) in [5, 5.41) is 12.3. The van der Waals surface area contributed by atoms with Crippen LogP contribution in [0, 0.1) is 0 Å². The van der Waals surface area contributed by atoms with Crippen LogP contribution in [0.3, 0.4) is 0 Å². The van der Waals surface area contributed by atoms with Crippen LogP contribution in [0.15, 0.2) is 24.3 Å². The lowest BCUT2D eigenvalue weighted by Gasteiger charge is -2.12. The summed E-state index contributed by atoms with van der Waals surface area (Å²) in [7, 11) is 0. The van der Waals surface area contributed by atoms with Gasteiger partial charge in [0.2, 0.25) is 0 Å². The minimum absolute atomic E-state index is 0.250. The number of rotatable bonds is 7. The molecule has 1 N–H and O–H groups in total. The molecule has 0 atom stereocenters. The highest BCUT2D eigenvalue weighted by Gasteiger charge is 2.18. The van der Waals surface area contributed by atoms with Gasteiger partial charge in [-0.1, -0.05) is 18.2 Å². The molecule has 0 amide bonds. The smallest absolute Gasteiger partial charge is 0.361 e. The molecule has 0 aliphatic rings. The van der Waals surface area contributed by atoms with E-state index in [0.29, 0.717) is 12.3 Å². The van der Waals surface area contributed by atoms with Crippen molar-refractivity contribution < 1.29 is 9.53 Å². The minimum Gasteiger partial charge on any atom is -0.461 e. The monoisotopic (exact) mass is 305 g/mol. The molecule has 0 bridgehead atoms. The van der Waals surface area contributed by atoms with E-state index in [2.05, 4.69) is 21.8 Å². The van der Waals surface area contributed by atoms with Crippen molar-refractivity contribution in [1.29, 1.82) is 0 Å². The van der Waals surface area contributed by atoms with E-state index in [-0.39, 0.29) is 5.69 Å². The third-order valence-electron chi connectivity index (χ3n) is 2.96. The molecule has 0 fully saturated rings. The fourth-order valence-corrected chi connectivity index (χ4v) is 2.44. The Morgan fingerprint density at radius 3 is 2.90 bits per heavy atom. The van der Waals surface area contributed by atoms with Crippen LogP contribution in [0.2, 0.25) is 0 Å².